The molecule has 0 saturated carbocycles. The van der Waals surface area contributed by atoms with Gasteiger partial charge in [0.05, 0.1) is 23.1 Å². The van der Waals surface area contributed by atoms with Gasteiger partial charge < -0.3 is 0 Å². The molecule has 0 saturated heterocycles. The number of benzene rings is 1. The van der Waals surface area contributed by atoms with Crippen LogP contribution < -0.4 is 5.56 Å². The first-order chi connectivity index (χ1) is 8.53. The Kier molecular flexibility index (Phi) is 3.15. The standard InChI is InChI=1S/C14H15N3O/c1-14(2,10-15)7-8-17-13(18)12-6-4-3-5-11(12)9-16-17/h3-6,9H,7-8H2,1-2H3. The summed E-state index contributed by atoms with van der Waals surface area (Å²) in [6.45, 7) is 4.18. The summed E-state index contributed by atoms with van der Waals surface area (Å²) in [6, 6.07) is 9.61. The molecule has 0 atom stereocenters. The molecule has 2 rings (SSSR count). The zero-order chi connectivity index (χ0) is 13.2. The first kappa shape index (κ1) is 12.3. The van der Waals surface area contributed by atoms with Crippen molar-refractivity contribution in [2.75, 3.05) is 0 Å². The average molecular weight is 241 g/mol. The second-order valence-corrected chi connectivity index (χ2v) is 5.01. The summed E-state index contributed by atoms with van der Waals surface area (Å²) < 4.78 is 1.43. The molecule has 92 valence electrons. The SMILES string of the molecule is CC(C)(C#N)CCn1ncc2ccccc2c1=O. The number of nitriles is 1. The number of aromatic nitrogens is 2. The lowest BCUT2D eigenvalue weighted by atomic mass is 9.91. The van der Waals surface area contributed by atoms with Gasteiger partial charge in [-0.15, -0.1) is 0 Å². The maximum absolute atomic E-state index is 12.2. The van der Waals surface area contributed by atoms with Crippen LogP contribution in [0.25, 0.3) is 10.8 Å². The van der Waals surface area contributed by atoms with E-state index in [1.165, 1.54) is 4.68 Å². The topological polar surface area (TPSA) is 58.7 Å². The van der Waals surface area contributed by atoms with Gasteiger partial charge in [-0.05, 0) is 26.3 Å². The van der Waals surface area contributed by atoms with E-state index in [1.54, 1.807) is 12.3 Å². The Balaban J connectivity index is 2.34. The number of hydrogen-bond acceptors (Lipinski definition) is 3. The molecule has 0 aliphatic heterocycles. The molecule has 0 bridgehead atoms. The molecule has 4 heteroatoms. The van der Waals surface area contributed by atoms with Crippen molar-refractivity contribution < 1.29 is 0 Å². The molecule has 0 radical (unpaired) electrons. The normalized spacial score (nSPS) is 11.4. The second kappa shape index (κ2) is 4.61. The molecule has 0 N–H and O–H groups in total. The molecule has 1 aromatic carbocycles. The molecule has 18 heavy (non-hydrogen) atoms. The minimum atomic E-state index is -0.438. The van der Waals surface area contributed by atoms with Gasteiger partial charge in [0.1, 0.15) is 0 Å². The third-order valence-corrected chi connectivity index (χ3v) is 3.01. The zero-order valence-electron chi connectivity index (χ0n) is 10.6. The molecular weight excluding hydrogens is 226 g/mol. The third-order valence-electron chi connectivity index (χ3n) is 3.01. The number of rotatable bonds is 3. The third kappa shape index (κ3) is 2.40. The monoisotopic (exact) mass is 241 g/mol. The molecule has 1 aromatic heterocycles. The highest BCUT2D eigenvalue weighted by atomic mass is 16.1. The number of hydrogen-bond donors (Lipinski definition) is 0. The number of nitrogens with zero attached hydrogens (tertiary/aromatic N) is 3. The predicted molar refractivity (Wildman–Crippen MR) is 70.0 cm³/mol. The largest absolute Gasteiger partial charge is 0.274 e. The van der Waals surface area contributed by atoms with Crippen LogP contribution in [0.3, 0.4) is 0 Å². The molecule has 0 amide bonds. The molecule has 0 fully saturated rings. The molecule has 0 unspecified atom stereocenters. The van der Waals surface area contributed by atoms with Crippen LogP contribution in [0.4, 0.5) is 0 Å². The van der Waals surface area contributed by atoms with E-state index in [0.717, 1.165) is 5.39 Å². The molecule has 4 nitrogen and oxygen atoms in total. The zero-order valence-corrected chi connectivity index (χ0v) is 10.6. The molecular formula is C14H15N3O. The summed E-state index contributed by atoms with van der Waals surface area (Å²) >= 11 is 0. The van der Waals surface area contributed by atoms with Crippen molar-refractivity contribution in [1.82, 2.24) is 9.78 Å². The fourth-order valence-electron chi connectivity index (χ4n) is 1.73. The molecule has 0 aliphatic carbocycles. The van der Waals surface area contributed by atoms with Crippen LogP contribution in [-0.4, -0.2) is 9.78 Å². The first-order valence-electron chi connectivity index (χ1n) is 5.90. The average Bonchev–Trinajstić information content (AvgIpc) is 2.38. The maximum Gasteiger partial charge on any atom is 0.274 e. The van der Waals surface area contributed by atoms with E-state index in [0.29, 0.717) is 18.4 Å². The van der Waals surface area contributed by atoms with Crippen LogP contribution in [-0.2, 0) is 6.54 Å². The Labute approximate surface area is 105 Å². The van der Waals surface area contributed by atoms with Gasteiger partial charge in [-0.1, -0.05) is 18.2 Å². The van der Waals surface area contributed by atoms with Gasteiger partial charge in [-0.3, -0.25) is 4.79 Å². The smallest absolute Gasteiger partial charge is 0.267 e. The van der Waals surface area contributed by atoms with E-state index in [4.69, 9.17) is 5.26 Å². The number of aryl methyl sites for hydroxylation is 1. The summed E-state index contributed by atoms with van der Waals surface area (Å²) in [5, 5.41) is 14.6. The molecule has 1 heterocycles. The van der Waals surface area contributed by atoms with Crippen molar-refractivity contribution in [2.45, 2.75) is 26.8 Å². The van der Waals surface area contributed by atoms with Crippen LogP contribution in [0.2, 0.25) is 0 Å². The van der Waals surface area contributed by atoms with Gasteiger partial charge in [0.25, 0.3) is 5.56 Å². The Morgan fingerprint density at radius 2 is 2.11 bits per heavy atom. The Hall–Kier alpha value is -2.15. The van der Waals surface area contributed by atoms with E-state index in [-0.39, 0.29) is 5.56 Å². The van der Waals surface area contributed by atoms with Crippen LogP contribution in [0.15, 0.2) is 35.3 Å². The summed E-state index contributed by atoms with van der Waals surface area (Å²) in [4.78, 5) is 12.2. The summed E-state index contributed by atoms with van der Waals surface area (Å²) in [7, 11) is 0. The second-order valence-electron chi connectivity index (χ2n) is 5.01. The lowest BCUT2D eigenvalue weighted by molar-refractivity contribution is 0.392. The Morgan fingerprint density at radius 1 is 1.39 bits per heavy atom. The highest BCUT2D eigenvalue weighted by molar-refractivity contribution is 5.80. The summed E-state index contributed by atoms with van der Waals surface area (Å²) in [6.07, 6.45) is 2.30. The minimum Gasteiger partial charge on any atom is -0.267 e. The summed E-state index contributed by atoms with van der Waals surface area (Å²) in [5.41, 5.74) is -0.533. The highest BCUT2D eigenvalue weighted by Crippen LogP contribution is 2.18. The van der Waals surface area contributed by atoms with E-state index in [9.17, 15) is 4.79 Å². The van der Waals surface area contributed by atoms with Crippen molar-refractivity contribution in [3.8, 4) is 6.07 Å². The van der Waals surface area contributed by atoms with Crippen molar-refractivity contribution in [3.63, 3.8) is 0 Å². The fourth-order valence-corrected chi connectivity index (χ4v) is 1.73. The fraction of sp³-hybridized carbons (Fsp3) is 0.357. The van der Waals surface area contributed by atoms with Gasteiger partial charge in [-0.2, -0.15) is 10.4 Å². The van der Waals surface area contributed by atoms with E-state index in [2.05, 4.69) is 11.2 Å². The minimum absolute atomic E-state index is 0.0955. The van der Waals surface area contributed by atoms with E-state index >= 15 is 0 Å². The van der Waals surface area contributed by atoms with Gasteiger partial charge in [0, 0.05) is 11.9 Å². The van der Waals surface area contributed by atoms with Gasteiger partial charge >= 0.3 is 0 Å². The van der Waals surface area contributed by atoms with Crippen molar-refractivity contribution in [1.29, 1.82) is 5.26 Å². The van der Waals surface area contributed by atoms with Gasteiger partial charge in [0.15, 0.2) is 0 Å². The van der Waals surface area contributed by atoms with Gasteiger partial charge in [0.2, 0.25) is 0 Å². The van der Waals surface area contributed by atoms with Crippen molar-refractivity contribution in [3.05, 3.63) is 40.8 Å². The van der Waals surface area contributed by atoms with Crippen molar-refractivity contribution >= 4 is 10.8 Å². The highest BCUT2D eigenvalue weighted by Gasteiger charge is 2.17. The maximum atomic E-state index is 12.2. The van der Waals surface area contributed by atoms with Crippen LogP contribution in [0.1, 0.15) is 20.3 Å². The van der Waals surface area contributed by atoms with Crippen molar-refractivity contribution in [2.24, 2.45) is 5.41 Å². The van der Waals surface area contributed by atoms with Crippen LogP contribution in [0.5, 0.6) is 0 Å². The lowest BCUT2D eigenvalue weighted by Gasteiger charge is -2.15. The first-order valence-corrected chi connectivity index (χ1v) is 5.90. The lowest BCUT2D eigenvalue weighted by Crippen LogP contribution is -2.25. The number of fused-ring (bicyclic) bond motifs is 1. The van der Waals surface area contributed by atoms with E-state index in [1.807, 2.05) is 32.0 Å². The summed E-state index contributed by atoms with van der Waals surface area (Å²) in [5.74, 6) is 0. The van der Waals surface area contributed by atoms with Crippen LogP contribution >= 0.6 is 0 Å². The van der Waals surface area contributed by atoms with Gasteiger partial charge in [-0.25, -0.2) is 4.68 Å². The Bertz CT molecular complexity index is 665. The van der Waals surface area contributed by atoms with E-state index < -0.39 is 5.41 Å². The Morgan fingerprint density at radius 3 is 2.83 bits per heavy atom. The molecule has 0 aliphatic rings. The predicted octanol–water partition coefficient (Wildman–Crippen LogP) is 2.34. The van der Waals surface area contributed by atoms with Crippen LogP contribution in [0, 0.1) is 16.7 Å². The quantitative estimate of drug-likeness (QED) is 0.828. The molecule has 2 aromatic rings. The molecule has 0 spiro atoms.